The molecule has 0 aliphatic carbocycles. The van der Waals surface area contributed by atoms with Gasteiger partial charge >= 0.3 is 0 Å². The van der Waals surface area contributed by atoms with Crippen molar-refractivity contribution in [2.24, 2.45) is 5.11 Å². The molecule has 228 valence electrons. The van der Waals surface area contributed by atoms with E-state index in [2.05, 4.69) is 10.0 Å². The summed E-state index contributed by atoms with van der Waals surface area (Å²) in [5.41, 5.74) is 12.2. The second-order valence-electron chi connectivity index (χ2n) is 9.57. The van der Waals surface area contributed by atoms with Gasteiger partial charge in [0.05, 0.1) is 33.5 Å². The monoisotopic (exact) mass is 648 g/mol. The minimum absolute atomic E-state index is 0.0529. The van der Waals surface area contributed by atoms with E-state index in [-0.39, 0.29) is 19.8 Å². The highest BCUT2D eigenvalue weighted by molar-refractivity contribution is 6.76. The van der Waals surface area contributed by atoms with Crippen molar-refractivity contribution < 1.29 is 28.4 Å². The Morgan fingerprint density at radius 2 is 1.42 bits per heavy atom. The van der Waals surface area contributed by atoms with Crippen LogP contribution < -0.4 is 4.74 Å². The van der Waals surface area contributed by atoms with Crippen LogP contribution >= 0.6 is 34.8 Å². The predicted molar refractivity (Wildman–Crippen MR) is 163 cm³/mol. The SMILES string of the molecule is COc1ccc(CO[C@H]2[C@H](OCc3ccccc3)[C@@H](N=[N+]=[N-])C(OC(=N)C(Cl)(Cl)Cl)O[C@@H]2COCc2ccccc2)cc1. The summed E-state index contributed by atoms with van der Waals surface area (Å²) in [5, 5.41) is 12.1. The van der Waals surface area contributed by atoms with Gasteiger partial charge in [0, 0.05) is 4.91 Å². The topological polar surface area (TPSA) is 128 Å². The zero-order valence-corrected chi connectivity index (χ0v) is 25.5. The molecule has 0 radical (unpaired) electrons. The van der Waals surface area contributed by atoms with Gasteiger partial charge in [-0.25, -0.2) is 0 Å². The third-order valence-electron chi connectivity index (χ3n) is 6.57. The standard InChI is InChI=1S/C30H31Cl3N4O6/c1-38-23-14-12-22(13-15-23)18-40-26-24(19-39-16-20-8-4-2-5-9-20)42-28(43-29(34)30(31,32)33)25(36-37-35)27(26)41-17-21-10-6-3-7-11-21/h2-15,24-28,34H,16-19H2,1H3/t24-,25-,26-,27-,28?/m1/s1. The molecular weight excluding hydrogens is 619 g/mol. The molecule has 0 spiro atoms. The van der Waals surface area contributed by atoms with Crippen molar-refractivity contribution >= 4 is 40.7 Å². The van der Waals surface area contributed by atoms with E-state index in [0.717, 1.165) is 16.7 Å². The third kappa shape index (κ3) is 9.72. The first-order valence-electron chi connectivity index (χ1n) is 13.3. The zero-order chi connectivity index (χ0) is 30.7. The van der Waals surface area contributed by atoms with Gasteiger partial charge in [0.15, 0.2) is 0 Å². The molecule has 1 saturated heterocycles. The Balaban J connectivity index is 1.63. The van der Waals surface area contributed by atoms with Crippen LogP contribution in [0.5, 0.6) is 5.75 Å². The second kappa shape index (κ2) is 16.1. The van der Waals surface area contributed by atoms with Crippen LogP contribution in [0.1, 0.15) is 16.7 Å². The molecule has 0 saturated carbocycles. The molecular formula is C30H31Cl3N4O6. The van der Waals surface area contributed by atoms with Crippen molar-refractivity contribution in [3.05, 3.63) is 112 Å². The lowest BCUT2D eigenvalue weighted by atomic mass is 9.96. The quantitative estimate of drug-likeness (QED) is 0.0523. The summed E-state index contributed by atoms with van der Waals surface area (Å²) in [5.74, 6) is 0.00447. The average Bonchev–Trinajstić information content (AvgIpc) is 3.01. The van der Waals surface area contributed by atoms with Gasteiger partial charge in [0.2, 0.25) is 12.2 Å². The molecule has 1 heterocycles. The highest BCUT2D eigenvalue weighted by Gasteiger charge is 2.50. The van der Waals surface area contributed by atoms with E-state index in [1.807, 2.05) is 84.9 Å². The molecule has 13 heteroatoms. The Morgan fingerprint density at radius 1 is 0.860 bits per heavy atom. The fraction of sp³-hybridized carbons (Fsp3) is 0.367. The van der Waals surface area contributed by atoms with Crippen molar-refractivity contribution in [2.45, 2.75) is 54.3 Å². The number of halogens is 3. The molecule has 1 N–H and O–H groups in total. The Hall–Kier alpha value is -3.05. The molecule has 5 atom stereocenters. The molecule has 0 aromatic heterocycles. The van der Waals surface area contributed by atoms with Crippen LogP contribution in [0.4, 0.5) is 0 Å². The first-order valence-corrected chi connectivity index (χ1v) is 14.5. The summed E-state index contributed by atoms with van der Waals surface area (Å²) in [4.78, 5) is 3.00. The Bertz CT molecular complexity index is 1340. The summed E-state index contributed by atoms with van der Waals surface area (Å²) < 4.78 is 33.7. The van der Waals surface area contributed by atoms with Crippen molar-refractivity contribution in [1.82, 2.24) is 0 Å². The maximum atomic E-state index is 9.49. The van der Waals surface area contributed by atoms with Gasteiger partial charge in [-0.3, -0.25) is 5.41 Å². The van der Waals surface area contributed by atoms with E-state index in [1.54, 1.807) is 7.11 Å². The van der Waals surface area contributed by atoms with Crippen LogP contribution in [0.2, 0.25) is 0 Å². The molecule has 43 heavy (non-hydrogen) atoms. The molecule has 10 nitrogen and oxygen atoms in total. The van der Waals surface area contributed by atoms with Gasteiger partial charge in [0.1, 0.15) is 30.1 Å². The molecule has 1 fully saturated rings. The number of hydrogen-bond acceptors (Lipinski definition) is 8. The van der Waals surface area contributed by atoms with Crippen LogP contribution in [0.15, 0.2) is 90.0 Å². The van der Waals surface area contributed by atoms with Crippen molar-refractivity contribution in [1.29, 1.82) is 5.41 Å². The van der Waals surface area contributed by atoms with E-state index < -0.39 is 40.3 Å². The average molecular weight is 650 g/mol. The Morgan fingerprint density at radius 3 is 1.98 bits per heavy atom. The van der Waals surface area contributed by atoms with Gasteiger partial charge in [-0.15, -0.1) is 0 Å². The maximum absolute atomic E-state index is 9.49. The molecule has 3 aromatic rings. The third-order valence-corrected chi connectivity index (χ3v) is 7.09. The Kier molecular flexibility index (Phi) is 12.3. The number of alkyl halides is 3. The molecule has 4 rings (SSSR count). The van der Waals surface area contributed by atoms with Crippen molar-refractivity contribution in [2.75, 3.05) is 13.7 Å². The molecule has 0 bridgehead atoms. The van der Waals surface area contributed by atoms with E-state index in [9.17, 15) is 5.53 Å². The second-order valence-corrected chi connectivity index (χ2v) is 11.9. The number of methoxy groups -OCH3 is 1. The largest absolute Gasteiger partial charge is 0.497 e. The van der Waals surface area contributed by atoms with E-state index >= 15 is 0 Å². The molecule has 3 aromatic carbocycles. The summed E-state index contributed by atoms with van der Waals surface area (Å²) in [7, 11) is 1.59. The summed E-state index contributed by atoms with van der Waals surface area (Å²) >= 11 is 17.7. The number of hydrogen-bond donors (Lipinski definition) is 1. The number of rotatable bonds is 13. The Labute approximate surface area is 264 Å². The fourth-order valence-electron chi connectivity index (χ4n) is 4.43. The van der Waals surface area contributed by atoms with Crippen LogP contribution in [-0.4, -0.2) is 54.1 Å². The fourth-order valence-corrected chi connectivity index (χ4v) is 4.56. The number of ether oxygens (including phenoxy) is 6. The van der Waals surface area contributed by atoms with Gasteiger partial charge in [-0.1, -0.05) is 113 Å². The maximum Gasteiger partial charge on any atom is 0.265 e. The smallest absolute Gasteiger partial charge is 0.265 e. The van der Waals surface area contributed by atoms with Gasteiger partial charge in [-0.2, -0.15) is 0 Å². The van der Waals surface area contributed by atoms with Crippen LogP contribution in [-0.2, 0) is 43.5 Å². The molecule has 1 aliphatic heterocycles. The summed E-state index contributed by atoms with van der Waals surface area (Å²) in [6, 6.07) is 25.4. The summed E-state index contributed by atoms with van der Waals surface area (Å²) in [6.07, 6.45) is -3.83. The zero-order valence-electron chi connectivity index (χ0n) is 23.2. The van der Waals surface area contributed by atoms with E-state index in [4.69, 9.17) is 68.6 Å². The minimum atomic E-state index is -2.17. The molecule has 1 unspecified atom stereocenters. The lowest BCUT2D eigenvalue weighted by Crippen LogP contribution is -2.61. The van der Waals surface area contributed by atoms with Crippen LogP contribution in [0, 0.1) is 5.41 Å². The normalized spacial score (nSPS) is 21.9. The molecule has 1 aliphatic rings. The van der Waals surface area contributed by atoms with Crippen LogP contribution in [0.25, 0.3) is 10.4 Å². The van der Waals surface area contributed by atoms with Crippen LogP contribution in [0.3, 0.4) is 0 Å². The number of azide groups is 1. The van der Waals surface area contributed by atoms with Crippen molar-refractivity contribution in [3.63, 3.8) is 0 Å². The van der Waals surface area contributed by atoms with E-state index in [0.29, 0.717) is 12.4 Å². The van der Waals surface area contributed by atoms with Gasteiger partial charge in [0.25, 0.3) is 3.79 Å². The van der Waals surface area contributed by atoms with Gasteiger partial charge in [-0.05, 0) is 34.4 Å². The first-order chi connectivity index (χ1) is 20.8. The number of benzene rings is 3. The first kappa shape index (κ1) is 32.9. The highest BCUT2D eigenvalue weighted by atomic mass is 35.6. The number of nitrogens with one attached hydrogen (secondary N) is 1. The van der Waals surface area contributed by atoms with E-state index in [1.165, 1.54) is 0 Å². The minimum Gasteiger partial charge on any atom is -0.497 e. The lowest BCUT2D eigenvalue weighted by molar-refractivity contribution is -0.269. The number of nitrogens with zero attached hydrogens (tertiary/aromatic N) is 3. The van der Waals surface area contributed by atoms with Crippen molar-refractivity contribution in [3.8, 4) is 5.75 Å². The highest BCUT2D eigenvalue weighted by Crippen LogP contribution is 2.34. The predicted octanol–water partition coefficient (Wildman–Crippen LogP) is 7.15. The summed E-state index contributed by atoms with van der Waals surface area (Å²) in [6.45, 7) is 0.697. The lowest BCUT2D eigenvalue weighted by Gasteiger charge is -2.44. The molecule has 0 amide bonds. The van der Waals surface area contributed by atoms with Gasteiger partial charge < -0.3 is 28.4 Å².